The summed E-state index contributed by atoms with van der Waals surface area (Å²) >= 11 is 0. The molecule has 0 aliphatic carbocycles. The third-order valence-electron chi connectivity index (χ3n) is 5.60. The van der Waals surface area contributed by atoms with E-state index in [9.17, 15) is 0 Å². The van der Waals surface area contributed by atoms with Crippen LogP contribution in [0.15, 0.2) is 36.4 Å². The molecule has 0 saturated carbocycles. The highest BCUT2D eigenvalue weighted by Gasteiger charge is 2.20. The van der Waals surface area contributed by atoms with Crippen LogP contribution in [0.1, 0.15) is 22.3 Å². The SMILES string of the molecule is Cc1cc(C)cc(Nc2nc(N3CCOCC3)c3[nH]c(Nc4cc(C)cc(C)c4)nc3n2)c1. The van der Waals surface area contributed by atoms with Gasteiger partial charge in [-0.3, -0.25) is 0 Å². The van der Waals surface area contributed by atoms with Crippen molar-refractivity contribution in [1.29, 1.82) is 0 Å². The number of aryl methyl sites for hydroxylation is 4. The topological polar surface area (TPSA) is 91.0 Å². The molecule has 170 valence electrons. The van der Waals surface area contributed by atoms with Crippen molar-refractivity contribution in [2.24, 2.45) is 0 Å². The average Bonchev–Trinajstić information content (AvgIpc) is 3.14. The van der Waals surface area contributed by atoms with Gasteiger partial charge in [-0.15, -0.1) is 0 Å². The van der Waals surface area contributed by atoms with Crippen LogP contribution in [0.2, 0.25) is 0 Å². The fourth-order valence-electron chi connectivity index (χ4n) is 4.36. The number of H-pyrrole nitrogens is 1. The van der Waals surface area contributed by atoms with E-state index in [0.717, 1.165) is 35.8 Å². The van der Waals surface area contributed by atoms with E-state index in [2.05, 4.69) is 84.6 Å². The van der Waals surface area contributed by atoms with E-state index in [1.54, 1.807) is 0 Å². The normalized spacial score (nSPS) is 14.0. The predicted octanol–water partition coefficient (Wildman–Crippen LogP) is 4.91. The summed E-state index contributed by atoms with van der Waals surface area (Å²) in [7, 11) is 0. The number of morpholine rings is 1. The van der Waals surface area contributed by atoms with Gasteiger partial charge in [0, 0.05) is 24.5 Å². The standard InChI is InChI=1S/C25H29N7O/c1-15-9-16(2)12-19(11-15)26-24-28-21-22(29-24)30-25(27-20-13-17(3)10-18(4)14-20)31-23(21)32-5-7-33-8-6-32/h9-14H,5-8H2,1-4H3,(H3,26,27,28,29,30,31). The quantitative estimate of drug-likeness (QED) is 0.404. The highest BCUT2D eigenvalue weighted by atomic mass is 16.5. The van der Waals surface area contributed by atoms with Gasteiger partial charge in [0.05, 0.1) is 13.2 Å². The van der Waals surface area contributed by atoms with Gasteiger partial charge in [0.15, 0.2) is 11.5 Å². The molecule has 1 aliphatic rings. The molecule has 3 N–H and O–H groups in total. The number of aromatic nitrogens is 4. The van der Waals surface area contributed by atoms with Gasteiger partial charge in [-0.25, -0.2) is 0 Å². The Kier molecular flexibility index (Phi) is 5.60. The van der Waals surface area contributed by atoms with Gasteiger partial charge in [-0.2, -0.15) is 15.0 Å². The number of nitrogens with one attached hydrogen (secondary N) is 3. The zero-order valence-corrected chi connectivity index (χ0v) is 19.5. The molecule has 33 heavy (non-hydrogen) atoms. The molecular formula is C25H29N7O. The molecule has 5 rings (SSSR count). The van der Waals surface area contributed by atoms with E-state index >= 15 is 0 Å². The lowest BCUT2D eigenvalue weighted by atomic mass is 10.1. The van der Waals surface area contributed by atoms with Crippen LogP contribution >= 0.6 is 0 Å². The van der Waals surface area contributed by atoms with Gasteiger partial charge < -0.3 is 25.3 Å². The number of nitrogens with zero attached hydrogens (tertiary/aromatic N) is 4. The summed E-state index contributed by atoms with van der Waals surface area (Å²) in [5, 5.41) is 6.77. The van der Waals surface area contributed by atoms with E-state index in [1.165, 1.54) is 22.3 Å². The fourth-order valence-corrected chi connectivity index (χ4v) is 4.36. The lowest BCUT2D eigenvalue weighted by Gasteiger charge is -2.28. The number of imidazole rings is 1. The molecule has 2 aromatic heterocycles. The summed E-state index contributed by atoms with van der Waals surface area (Å²) in [5.41, 5.74) is 8.15. The highest BCUT2D eigenvalue weighted by Crippen LogP contribution is 2.28. The van der Waals surface area contributed by atoms with Crippen LogP contribution in [-0.2, 0) is 4.74 Å². The van der Waals surface area contributed by atoms with Crippen LogP contribution in [-0.4, -0.2) is 46.2 Å². The van der Waals surface area contributed by atoms with Crippen molar-refractivity contribution in [3.63, 3.8) is 0 Å². The Morgan fingerprint density at radius 1 is 0.758 bits per heavy atom. The maximum Gasteiger partial charge on any atom is 0.231 e. The number of anilines is 5. The fraction of sp³-hybridized carbons (Fsp3) is 0.320. The molecule has 1 fully saturated rings. The Morgan fingerprint density at radius 2 is 1.33 bits per heavy atom. The summed E-state index contributed by atoms with van der Waals surface area (Å²) in [6.07, 6.45) is 0. The molecule has 0 bridgehead atoms. The second-order valence-electron chi connectivity index (χ2n) is 8.76. The van der Waals surface area contributed by atoms with Crippen LogP contribution in [0.4, 0.5) is 29.1 Å². The van der Waals surface area contributed by atoms with Gasteiger partial charge in [0.2, 0.25) is 11.9 Å². The number of hydrogen-bond donors (Lipinski definition) is 3. The molecule has 4 aromatic rings. The molecule has 0 amide bonds. The van der Waals surface area contributed by atoms with E-state index in [0.29, 0.717) is 30.8 Å². The minimum atomic E-state index is 0.526. The van der Waals surface area contributed by atoms with Gasteiger partial charge in [0.25, 0.3) is 0 Å². The van der Waals surface area contributed by atoms with Crippen molar-refractivity contribution in [2.75, 3.05) is 41.8 Å². The average molecular weight is 444 g/mol. The molecule has 0 spiro atoms. The second-order valence-corrected chi connectivity index (χ2v) is 8.76. The van der Waals surface area contributed by atoms with E-state index in [-0.39, 0.29) is 0 Å². The molecule has 0 unspecified atom stereocenters. The first kappa shape index (κ1) is 21.2. The Hall–Kier alpha value is -3.65. The van der Waals surface area contributed by atoms with Gasteiger partial charge in [-0.05, 0) is 74.2 Å². The number of aromatic amines is 1. The minimum absolute atomic E-state index is 0.526. The monoisotopic (exact) mass is 443 g/mol. The molecular weight excluding hydrogens is 414 g/mol. The van der Waals surface area contributed by atoms with Gasteiger partial charge in [-0.1, -0.05) is 12.1 Å². The van der Waals surface area contributed by atoms with Gasteiger partial charge in [0.1, 0.15) is 5.52 Å². The molecule has 2 aromatic carbocycles. The molecule has 1 aliphatic heterocycles. The summed E-state index contributed by atoms with van der Waals surface area (Å²) in [6, 6.07) is 12.7. The number of ether oxygens (including phenoxy) is 1. The van der Waals surface area contributed by atoms with E-state index in [4.69, 9.17) is 19.7 Å². The van der Waals surface area contributed by atoms with Gasteiger partial charge >= 0.3 is 0 Å². The highest BCUT2D eigenvalue weighted by molar-refractivity contribution is 5.87. The van der Waals surface area contributed by atoms with Crippen molar-refractivity contribution >= 4 is 40.3 Å². The molecule has 0 atom stereocenters. The summed E-state index contributed by atoms with van der Waals surface area (Å²) in [5.74, 6) is 2.00. The minimum Gasteiger partial charge on any atom is -0.378 e. The van der Waals surface area contributed by atoms with Crippen LogP contribution in [0.5, 0.6) is 0 Å². The molecule has 8 heteroatoms. The summed E-state index contributed by atoms with van der Waals surface area (Å²) in [6.45, 7) is 11.2. The first-order valence-corrected chi connectivity index (χ1v) is 11.2. The third kappa shape index (κ3) is 4.75. The maximum absolute atomic E-state index is 5.55. The summed E-state index contributed by atoms with van der Waals surface area (Å²) in [4.78, 5) is 20.0. The molecule has 8 nitrogen and oxygen atoms in total. The smallest absolute Gasteiger partial charge is 0.231 e. The predicted molar refractivity (Wildman–Crippen MR) is 133 cm³/mol. The number of benzene rings is 2. The Bertz CT molecular complexity index is 1270. The van der Waals surface area contributed by atoms with Crippen LogP contribution in [0.25, 0.3) is 11.2 Å². The number of fused-ring (bicyclic) bond motifs is 1. The largest absolute Gasteiger partial charge is 0.378 e. The van der Waals surface area contributed by atoms with Crippen molar-refractivity contribution in [3.05, 3.63) is 58.7 Å². The van der Waals surface area contributed by atoms with E-state index in [1.807, 2.05) is 0 Å². The van der Waals surface area contributed by atoms with Crippen molar-refractivity contribution in [1.82, 2.24) is 19.9 Å². The van der Waals surface area contributed by atoms with E-state index < -0.39 is 0 Å². The lowest BCUT2D eigenvalue weighted by Crippen LogP contribution is -2.37. The van der Waals surface area contributed by atoms with Crippen molar-refractivity contribution in [2.45, 2.75) is 27.7 Å². The Morgan fingerprint density at radius 3 is 1.94 bits per heavy atom. The van der Waals surface area contributed by atoms with Crippen LogP contribution in [0.3, 0.4) is 0 Å². The first-order chi connectivity index (χ1) is 15.9. The number of hydrogen-bond acceptors (Lipinski definition) is 7. The number of rotatable bonds is 5. The molecule has 0 radical (unpaired) electrons. The molecule has 1 saturated heterocycles. The van der Waals surface area contributed by atoms with Crippen molar-refractivity contribution < 1.29 is 4.74 Å². The first-order valence-electron chi connectivity index (χ1n) is 11.2. The third-order valence-corrected chi connectivity index (χ3v) is 5.60. The lowest BCUT2D eigenvalue weighted by molar-refractivity contribution is 0.122. The Balaban J connectivity index is 1.54. The Labute approximate surface area is 193 Å². The zero-order chi connectivity index (χ0) is 22.9. The van der Waals surface area contributed by atoms with Crippen LogP contribution < -0.4 is 15.5 Å². The maximum atomic E-state index is 5.55. The zero-order valence-electron chi connectivity index (χ0n) is 19.5. The second kappa shape index (κ2) is 8.71. The summed E-state index contributed by atoms with van der Waals surface area (Å²) < 4.78 is 5.55. The molecule has 3 heterocycles. The van der Waals surface area contributed by atoms with Crippen LogP contribution in [0, 0.1) is 27.7 Å². The van der Waals surface area contributed by atoms with Crippen molar-refractivity contribution in [3.8, 4) is 0 Å².